The Bertz CT molecular complexity index is 820. The van der Waals surface area contributed by atoms with Crippen LogP contribution < -0.4 is 4.90 Å². The highest BCUT2D eigenvalue weighted by Crippen LogP contribution is 2.24. The number of nitrogens with zero attached hydrogens (tertiary/aromatic N) is 8. The van der Waals surface area contributed by atoms with Gasteiger partial charge >= 0.3 is 0 Å². The molecule has 1 unspecified atom stereocenters. The van der Waals surface area contributed by atoms with Gasteiger partial charge in [0.15, 0.2) is 5.65 Å². The van der Waals surface area contributed by atoms with Crippen molar-refractivity contribution in [1.82, 2.24) is 34.3 Å². The van der Waals surface area contributed by atoms with Crippen LogP contribution >= 0.6 is 0 Å². The maximum atomic E-state index is 4.49. The highest BCUT2D eigenvalue weighted by atomic mass is 15.4. The first-order valence-corrected chi connectivity index (χ1v) is 7.97. The number of piperidine rings is 1. The molecular formula is C15H20N8. The summed E-state index contributed by atoms with van der Waals surface area (Å²) in [4.78, 5) is 11.1. The normalized spacial score (nSPS) is 18.7. The molecule has 1 aliphatic rings. The number of anilines is 1. The van der Waals surface area contributed by atoms with Gasteiger partial charge in [-0.3, -0.25) is 9.38 Å². The second-order valence-electron chi connectivity index (χ2n) is 6.17. The van der Waals surface area contributed by atoms with Crippen LogP contribution in [0.4, 0.5) is 5.82 Å². The molecule has 4 rings (SSSR count). The molecule has 0 saturated carbocycles. The van der Waals surface area contributed by atoms with Crippen LogP contribution in [-0.4, -0.2) is 47.4 Å². The second kappa shape index (κ2) is 5.60. The average molecular weight is 312 g/mol. The Morgan fingerprint density at radius 1 is 1.26 bits per heavy atom. The lowest BCUT2D eigenvalue weighted by molar-refractivity contribution is 0.346. The summed E-state index contributed by atoms with van der Waals surface area (Å²) in [6.07, 6.45) is 7.75. The molecule has 0 aliphatic carbocycles. The molecule has 0 N–H and O–H groups in total. The van der Waals surface area contributed by atoms with E-state index in [1.165, 1.54) is 6.42 Å². The Kier molecular flexibility index (Phi) is 3.44. The fourth-order valence-corrected chi connectivity index (χ4v) is 3.38. The van der Waals surface area contributed by atoms with Gasteiger partial charge in [-0.25, -0.2) is 9.67 Å². The van der Waals surface area contributed by atoms with Crippen LogP contribution in [0.3, 0.4) is 0 Å². The second-order valence-corrected chi connectivity index (χ2v) is 6.17. The molecule has 8 nitrogen and oxygen atoms in total. The van der Waals surface area contributed by atoms with E-state index in [2.05, 4.69) is 30.2 Å². The summed E-state index contributed by atoms with van der Waals surface area (Å²) in [5.74, 6) is 3.44. The maximum absolute atomic E-state index is 4.49. The molecule has 120 valence electrons. The van der Waals surface area contributed by atoms with Crippen molar-refractivity contribution in [3.8, 4) is 0 Å². The van der Waals surface area contributed by atoms with Crippen molar-refractivity contribution < 1.29 is 0 Å². The minimum absolute atomic E-state index is 0.551. The van der Waals surface area contributed by atoms with Gasteiger partial charge in [0.2, 0.25) is 0 Å². The molecule has 0 bridgehead atoms. The third-order valence-corrected chi connectivity index (χ3v) is 4.44. The molecule has 1 aliphatic heterocycles. The van der Waals surface area contributed by atoms with Gasteiger partial charge < -0.3 is 4.90 Å². The molecule has 0 aromatic carbocycles. The van der Waals surface area contributed by atoms with Crippen molar-refractivity contribution in [2.24, 2.45) is 5.92 Å². The van der Waals surface area contributed by atoms with Gasteiger partial charge in [0.05, 0.1) is 12.4 Å². The van der Waals surface area contributed by atoms with Crippen LogP contribution in [0, 0.1) is 19.8 Å². The van der Waals surface area contributed by atoms with E-state index in [4.69, 9.17) is 0 Å². The fraction of sp³-hybridized carbons (Fsp3) is 0.533. The van der Waals surface area contributed by atoms with Crippen molar-refractivity contribution >= 4 is 11.5 Å². The SMILES string of the molecule is Cc1nc(C)n(CC2CCCN(c3cncc4nncn34)C2)n1. The van der Waals surface area contributed by atoms with E-state index in [1.54, 1.807) is 12.5 Å². The summed E-state index contributed by atoms with van der Waals surface area (Å²) in [5.41, 5.74) is 0.785. The number of rotatable bonds is 3. The van der Waals surface area contributed by atoms with Gasteiger partial charge in [0, 0.05) is 19.6 Å². The van der Waals surface area contributed by atoms with Crippen LogP contribution in [0.15, 0.2) is 18.7 Å². The Morgan fingerprint density at radius 2 is 2.17 bits per heavy atom. The summed E-state index contributed by atoms with van der Waals surface area (Å²) in [5, 5.41) is 12.6. The summed E-state index contributed by atoms with van der Waals surface area (Å²) in [6, 6.07) is 0. The zero-order chi connectivity index (χ0) is 15.8. The Balaban J connectivity index is 1.55. The lowest BCUT2D eigenvalue weighted by atomic mass is 9.98. The first-order chi connectivity index (χ1) is 11.2. The minimum Gasteiger partial charge on any atom is -0.356 e. The summed E-state index contributed by atoms with van der Waals surface area (Å²) >= 11 is 0. The van der Waals surface area contributed by atoms with Crippen LogP contribution in [-0.2, 0) is 6.54 Å². The standard InChI is InChI=1S/C15H20N8/c1-11-18-12(2)23(20-11)9-13-4-3-5-21(8-13)15-7-16-6-14-19-17-10-22(14)15/h6-7,10,13H,3-5,8-9H2,1-2H3. The van der Waals surface area contributed by atoms with Crippen LogP contribution in [0.5, 0.6) is 0 Å². The van der Waals surface area contributed by atoms with Gasteiger partial charge in [-0.05, 0) is 32.6 Å². The third-order valence-electron chi connectivity index (χ3n) is 4.44. The molecule has 0 amide bonds. The van der Waals surface area contributed by atoms with Crippen molar-refractivity contribution in [2.45, 2.75) is 33.2 Å². The van der Waals surface area contributed by atoms with E-state index in [9.17, 15) is 0 Å². The van der Waals surface area contributed by atoms with Crippen molar-refractivity contribution in [1.29, 1.82) is 0 Å². The predicted molar refractivity (Wildman–Crippen MR) is 85.2 cm³/mol. The van der Waals surface area contributed by atoms with Crippen molar-refractivity contribution in [3.05, 3.63) is 30.4 Å². The molecule has 1 fully saturated rings. The van der Waals surface area contributed by atoms with Gasteiger partial charge in [0.1, 0.15) is 23.8 Å². The summed E-state index contributed by atoms with van der Waals surface area (Å²) in [7, 11) is 0. The van der Waals surface area contributed by atoms with Crippen LogP contribution in [0.1, 0.15) is 24.5 Å². The van der Waals surface area contributed by atoms with Crippen LogP contribution in [0.25, 0.3) is 5.65 Å². The van der Waals surface area contributed by atoms with Gasteiger partial charge in [-0.1, -0.05) is 0 Å². The van der Waals surface area contributed by atoms with Crippen molar-refractivity contribution in [2.75, 3.05) is 18.0 Å². The number of hydrogen-bond acceptors (Lipinski definition) is 6. The molecule has 1 saturated heterocycles. The van der Waals surface area contributed by atoms with E-state index >= 15 is 0 Å². The summed E-state index contributed by atoms with van der Waals surface area (Å²) in [6.45, 7) is 6.88. The maximum Gasteiger partial charge on any atom is 0.180 e. The third kappa shape index (κ3) is 2.64. The zero-order valence-electron chi connectivity index (χ0n) is 13.4. The van der Waals surface area contributed by atoms with Gasteiger partial charge in [-0.15, -0.1) is 10.2 Å². The van der Waals surface area contributed by atoms with E-state index in [1.807, 2.05) is 29.1 Å². The zero-order valence-corrected chi connectivity index (χ0v) is 13.4. The molecule has 0 spiro atoms. The first kappa shape index (κ1) is 14.1. The van der Waals surface area contributed by atoms with Gasteiger partial charge in [-0.2, -0.15) is 5.10 Å². The minimum atomic E-state index is 0.551. The molecule has 23 heavy (non-hydrogen) atoms. The smallest absolute Gasteiger partial charge is 0.180 e. The highest BCUT2D eigenvalue weighted by molar-refractivity contribution is 5.47. The monoisotopic (exact) mass is 312 g/mol. The molecule has 8 heteroatoms. The predicted octanol–water partition coefficient (Wildman–Crippen LogP) is 1.25. The quantitative estimate of drug-likeness (QED) is 0.724. The number of aromatic nitrogens is 7. The van der Waals surface area contributed by atoms with E-state index in [-0.39, 0.29) is 0 Å². The molecule has 3 aromatic heterocycles. The average Bonchev–Trinajstić information content (AvgIpc) is 3.14. The highest BCUT2D eigenvalue weighted by Gasteiger charge is 2.23. The Labute approximate surface area is 134 Å². The topological polar surface area (TPSA) is 77.0 Å². The van der Waals surface area contributed by atoms with Crippen LogP contribution in [0.2, 0.25) is 0 Å². The Hall–Kier alpha value is -2.51. The lowest BCUT2D eigenvalue weighted by Gasteiger charge is -2.34. The first-order valence-electron chi connectivity index (χ1n) is 7.97. The molecular weight excluding hydrogens is 292 g/mol. The number of hydrogen-bond donors (Lipinski definition) is 0. The number of aryl methyl sites for hydroxylation is 2. The van der Waals surface area contributed by atoms with E-state index < -0.39 is 0 Å². The lowest BCUT2D eigenvalue weighted by Crippen LogP contribution is -2.38. The molecule has 4 heterocycles. The van der Waals surface area contributed by atoms with E-state index in [0.29, 0.717) is 5.92 Å². The Morgan fingerprint density at radius 3 is 3.00 bits per heavy atom. The van der Waals surface area contributed by atoms with E-state index in [0.717, 1.165) is 49.2 Å². The molecule has 0 radical (unpaired) electrons. The van der Waals surface area contributed by atoms with Gasteiger partial charge in [0.25, 0.3) is 0 Å². The summed E-state index contributed by atoms with van der Waals surface area (Å²) < 4.78 is 4.03. The largest absolute Gasteiger partial charge is 0.356 e. The number of fused-ring (bicyclic) bond motifs is 1. The molecule has 3 aromatic rings. The van der Waals surface area contributed by atoms with Crippen molar-refractivity contribution in [3.63, 3.8) is 0 Å². The molecule has 1 atom stereocenters. The fourth-order valence-electron chi connectivity index (χ4n) is 3.38.